The first kappa shape index (κ1) is 33.1. The van der Waals surface area contributed by atoms with Gasteiger partial charge in [-0.15, -0.1) is 21.5 Å². The lowest BCUT2D eigenvalue weighted by molar-refractivity contribution is 0.0690. The van der Waals surface area contributed by atoms with E-state index in [-0.39, 0.29) is 23.5 Å². The molecule has 3 aliphatic rings. The van der Waals surface area contributed by atoms with Crippen molar-refractivity contribution in [1.82, 2.24) is 20.1 Å². The Morgan fingerprint density at radius 3 is 2.82 bits per heavy atom. The van der Waals surface area contributed by atoms with Gasteiger partial charge in [0.2, 0.25) is 0 Å². The third kappa shape index (κ3) is 7.61. The van der Waals surface area contributed by atoms with Gasteiger partial charge >= 0.3 is 5.97 Å². The van der Waals surface area contributed by atoms with Gasteiger partial charge in [0, 0.05) is 33.0 Å². The van der Waals surface area contributed by atoms with Crippen LogP contribution in [0.1, 0.15) is 64.2 Å². The Labute approximate surface area is 293 Å². The van der Waals surface area contributed by atoms with Crippen molar-refractivity contribution in [2.24, 2.45) is 0 Å². The molecule has 0 radical (unpaired) electrons. The van der Waals surface area contributed by atoms with Gasteiger partial charge in [-0.05, 0) is 88.9 Å². The molecule has 1 fully saturated rings. The Morgan fingerprint density at radius 2 is 2.00 bits per heavy atom. The normalized spacial score (nSPS) is 17.0. The summed E-state index contributed by atoms with van der Waals surface area (Å²) in [6.45, 7) is 5.77. The van der Waals surface area contributed by atoms with Crippen molar-refractivity contribution in [3.05, 3.63) is 75.5 Å². The number of carboxylic acid groups (broad SMARTS) is 1. The molecule has 4 aromatic rings. The molecule has 1 atom stereocenters. The van der Waals surface area contributed by atoms with Gasteiger partial charge in [0.05, 0.1) is 18.8 Å². The summed E-state index contributed by atoms with van der Waals surface area (Å²) in [6, 6.07) is 13.0. The first-order valence-corrected chi connectivity index (χ1v) is 18.4. The fraction of sp³-hybridized carbons (Fsp3) is 0.389. The van der Waals surface area contributed by atoms with Crippen molar-refractivity contribution in [2.45, 2.75) is 62.3 Å². The molecule has 10 nitrogen and oxygen atoms in total. The van der Waals surface area contributed by atoms with Crippen LogP contribution in [0, 0.1) is 24.6 Å². The summed E-state index contributed by atoms with van der Waals surface area (Å²) >= 11 is 3.04. The molecular formula is C36H38FN7O3S2. The third-order valence-corrected chi connectivity index (χ3v) is 11.1. The number of para-hydroxylation sites is 1. The average Bonchev–Trinajstić information content (AvgIpc) is 3.73. The molecule has 0 bridgehead atoms. The predicted octanol–water partition coefficient (Wildman–Crippen LogP) is 6.93. The highest BCUT2D eigenvalue weighted by Gasteiger charge is 2.29. The molecule has 3 N–H and O–H groups in total. The topological polar surface area (TPSA) is 116 Å². The number of halogens is 1. The summed E-state index contributed by atoms with van der Waals surface area (Å²) in [5, 5.41) is 26.7. The maximum Gasteiger partial charge on any atom is 0.355 e. The number of rotatable bonds is 10. The lowest BCUT2D eigenvalue weighted by Gasteiger charge is -2.29. The number of carbonyl (C=O) groups is 1. The smallest absolute Gasteiger partial charge is 0.355 e. The Kier molecular flexibility index (Phi) is 10.2. The van der Waals surface area contributed by atoms with E-state index in [4.69, 9.17) is 4.74 Å². The van der Waals surface area contributed by atoms with Crippen molar-refractivity contribution in [2.75, 3.05) is 48.3 Å². The molecule has 0 aliphatic carbocycles. The van der Waals surface area contributed by atoms with Crippen LogP contribution in [0.25, 0.3) is 0 Å². The highest BCUT2D eigenvalue weighted by molar-refractivity contribution is 8.00. The van der Waals surface area contributed by atoms with Crippen LogP contribution in [0.3, 0.4) is 0 Å². The summed E-state index contributed by atoms with van der Waals surface area (Å²) in [5.41, 5.74) is 3.77. The number of aryl methyl sites for hydroxylation is 1. The number of anilines is 4. The van der Waals surface area contributed by atoms with E-state index in [1.54, 1.807) is 23.9 Å². The number of thioether (sulfide) groups is 1. The number of fused-ring (bicyclic) bond motifs is 2. The molecule has 2 aromatic heterocycles. The van der Waals surface area contributed by atoms with Crippen LogP contribution < -0.4 is 20.3 Å². The van der Waals surface area contributed by atoms with Crippen molar-refractivity contribution >= 4 is 51.5 Å². The molecule has 13 heteroatoms. The number of hydrogen-bond donors (Lipinski definition) is 3. The van der Waals surface area contributed by atoms with Gasteiger partial charge in [-0.3, -0.25) is 4.90 Å². The number of nitrogens with one attached hydrogen (secondary N) is 2. The molecule has 1 unspecified atom stereocenters. The van der Waals surface area contributed by atoms with Gasteiger partial charge in [-0.1, -0.05) is 42.2 Å². The van der Waals surface area contributed by atoms with Crippen molar-refractivity contribution in [1.29, 1.82) is 0 Å². The zero-order valence-corrected chi connectivity index (χ0v) is 28.9. The lowest BCUT2D eigenvalue weighted by Crippen LogP contribution is -2.29. The summed E-state index contributed by atoms with van der Waals surface area (Å²) in [5.74, 6) is 6.26. The van der Waals surface area contributed by atoms with E-state index in [0.717, 1.165) is 48.6 Å². The standard InChI is InChI=1S/C36H38FN7O3S2/c1-23-25-11-8-20-44(33(25)42-41-32(23)40-35-38-27-12-3-4-13-29(27)48-35)36-39-31(34(45)46)30(49-36)14-9-21-47-28-16-15-24(22-26(28)37)10-7-19-43-17-5-2-6-18-43/h3-4,12-13,15-16,22,35,38H,2,5-6,8-9,11,14,17-21H2,1H3,(H,40,41)(H,45,46). The van der Waals surface area contributed by atoms with Crippen LogP contribution in [-0.4, -0.2) is 69.4 Å². The predicted molar refractivity (Wildman–Crippen MR) is 192 cm³/mol. The molecule has 49 heavy (non-hydrogen) atoms. The lowest BCUT2D eigenvalue weighted by atomic mass is 10.0. The number of benzene rings is 2. The largest absolute Gasteiger partial charge is 0.491 e. The number of ether oxygens (including phenoxy) is 1. The number of aromatic nitrogens is 3. The van der Waals surface area contributed by atoms with E-state index in [0.29, 0.717) is 47.3 Å². The van der Waals surface area contributed by atoms with Crippen LogP contribution in [0.15, 0.2) is 47.4 Å². The van der Waals surface area contributed by atoms with Crippen molar-refractivity contribution in [3.63, 3.8) is 0 Å². The maximum absolute atomic E-state index is 14.8. The monoisotopic (exact) mass is 699 g/mol. The average molecular weight is 700 g/mol. The third-order valence-electron chi connectivity index (χ3n) is 8.91. The molecule has 254 valence electrons. The second kappa shape index (κ2) is 15.0. The van der Waals surface area contributed by atoms with Gasteiger partial charge in [0.25, 0.3) is 0 Å². The summed E-state index contributed by atoms with van der Waals surface area (Å²) in [4.78, 5) is 22.9. The minimum Gasteiger partial charge on any atom is -0.491 e. The van der Waals surface area contributed by atoms with Gasteiger partial charge in [0.15, 0.2) is 39.5 Å². The zero-order chi connectivity index (χ0) is 33.7. The summed E-state index contributed by atoms with van der Waals surface area (Å²) < 4.78 is 20.5. The number of carboxylic acids is 1. The first-order chi connectivity index (χ1) is 23.9. The number of piperidine rings is 1. The summed E-state index contributed by atoms with van der Waals surface area (Å²) in [7, 11) is 0. The van der Waals surface area contributed by atoms with Crippen molar-refractivity contribution in [3.8, 4) is 17.6 Å². The van der Waals surface area contributed by atoms with Crippen molar-refractivity contribution < 1.29 is 19.0 Å². The number of likely N-dealkylation sites (tertiary alicyclic amines) is 1. The molecule has 1 saturated heterocycles. The fourth-order valence-electron chi connectivity index (χ4n) is 6.35. The number of aromatic carboxylic acids is 1. The highest BCUT2D eigenvalue weighted by Crippen LogP contribution is 2.41. The number of thiazole rings is 1. The van der Waals surface area contributed by atoms with E-state index in [2.05, 4.69) is 54.7 Å². The molecule has 7 rings (SSSR count). The molecule has 0 spiro atoms. The minimum absolute atomic E-state index is 0.0256. The Bertz CT molecular complexity index is 1880. The molecule has 0 saturated carbocycles. The summed E-state index contributed by atoms with van der Waals surface area (Å²) in [6.07, 6.45) is 6.35. The van der Waals surface area contributed by atoms with Crippen LogP contribution in [0.2, 0.25) is 0 Å². The number of nitrogens with zero attached hydrogens (tertiary/aromatic N) is 5. The van der Waals surface area contributed by atoms with E-state index in [1.165, 1.54) is 41.6 Å². The molecule has 3 aliphatic heterocycles. The van der Waals surface area contributed by atoms with Crippen LogP contribution >= 0.6 is 23.1 Å². The van der Waals surface area contributed by atoms with E-state index < -0.39 is 11.8 Å². The maximum atomic E-state index is 14.8. The second-order valence-corrected chi connectivity index (χ2v) is 14.5. The highest BCUT2D eigenvalue weighted by atomic mass is 32.2. The van der Waals surface area contributed by atoms with Crippen LogP contribution in [-0.2, 0) is 12.8 Å². The van der Waals surface area contributed by atoms with E-state index >= 15 is 0 Å². The molecule has 2 aromatic carbocycles. The Morgan fingerprint density at radius 1 is 1.14 bits per heavy atom. The minimum atomic E-state index is -1.08. The van der Waals surface area contributed by atoms with Gasteiger partial charge < -0.3 is 25.4 Å². The molecule has 5 heterocycles. The Hall–Kier alpha value is -4.38. The Balaban J connectivity index is 0.973. The number of hydrogen-bond acceptors (Lipinski definition) is 11. The van der Waals surface area contributed by atoms with Crippen LogP contribution in [0.5, 0.6) is 5.75 Å². The molecule has 0 amide bonds. The fourth-order valence-corrected chi connectivity index (χ4v) is 8.49. The van der Waals surface area contributed by atoms with Crippen LogP contribution in [0.4, 0.5) is 26.8 Å². The first-order valence-electron chi connectivity index (χ1n) is 16.7. The molecular weight excluding hydrogens is 662 g/mol. The zero-order valence-electron chi connectivity index (χ0n) is 27.3. The van der Waals surface area contributed by atoms with E-state index in [1.807, 2.05) is 24.0 Å². The van der Waals surface area contributed by atoms with Gasteiger partial charge in [-0.25, -0.2) is 14.2 Å². The second-order valence-electron chi connectivity index (χ2n) is 12.3. The quantitative estimate of drug-likeness (QED) is 0.118. The van der Waals surface area contributed by atoms with Gasteiger partial charge in [-0.2, -0.15) is 0 Å². The SMILES string of the molecule is Cc1c(NC2Nc3ccccc3S2)nnc2c1CCCN2c1nc(C(=O)O)c(CCCOc2ccc(C#CCN3CCCCC3)cc2F)s1. The van der Waals surface area contributed by atoms with Gasteiger partial charge in [0.1, 0.15) is 0 Å². The van der Waals surface area contributed by atoms with E-state index in [9.17, 15) is 14.3 Å².